The lowest BCUT2D eigenvalue weighted by atomic mass is 10.2. The molecule has 4 N–H and O–H groups in total. The molecule has 0 amide bonds. The molecule has 76 valence electrons. The Bertz CT molecular complexity index is 207. The highest BCUT2D eigenvalue weighted by Gasteiger charge is 2.44. The van der Waals surface area contributed by atoms with Crippen LogP contribution < -0.4 is 11.6 Å². The second-order valence-electron chi connectivity index (χ2n) is 1.97. The van der Waals surface area contributed by atoms with Crippen LogP contribution in [0.5, 0.6) is 0 Å². The topological polar surface area (TPSA) is 99.9 Å². The van der Waals surface area contributed by atoms with E-state index in [2.05, 4.69) is 16.5 Å². The van der Waals surface area contributed by atoms with Crippen molar-refractivity contribution in [3.05, 3.63) is 0 Å². The molecular formula is C4H8I2N3O3P. The second kappa shape index (κ2) is 6.40. The van der Waals surface area contributed by atoms with Gasteiger partial charge < -0.3 is 4.84 Å². The monoisotopic (exact) mass is 431 g/mol. The summed E-state index contributed by atoms with van der Waals surface area (Å²) in [6, 6.07) is 0. The molecule has 0 aliphatic rings. The number of hydrogen-bond acceptors (Lipinski definition) is 6. The van der Waals surface area contributed by atoms with Crippen LogP contribution >= 0.6 is 51.3 Å². The average Bonchev–Trinajstić information content (AvgIpc) is 2.17. The van der Waals surface area contributed by atoms with E-state index >= 15 is 0 Å². The first-order valence-corrected chi connectivity index (χ1v) is 7.95. The lowest BCUT2D eigenvalue weighted by Gasteiger charge is -2.27. The van der Waals surface area contributed by atoms with Gasteiger partial charge >= 0.3 is 5.97 Å². The molecule has 0 aromatic rings. The molecule has 0 heterocycles. The first-order valence-electron chi connectivity index (χ1n) is 2.88. The summed E-state index contributed by atoms with van der Waals surface area (Å²) in [7, 11) is 0. The van der Waals surface area contributed by atoms with Crippen molar-refractivity contribution in [3.63, 3.8) is 0 Å². The minimum Gasteiger partial charge on any atom is -0.370 e. The predicted octanol–water partition coefficient (Wildman–Crippen LogP) is 0.480. The maximum atomic E-state index is 11.1. The zero-order valence-electron chi connectivity index (χ0n) is 6.37. The third-order valence-electron chi connectivity index (χ3n) is 1.25. The van der Waals surface area contributed by atoms with Gasteiger partial charge in [-0.2, -0.15) is 5.90 Å². The second-order valence-corrected chi connectivity index (χ2v) is 5.04. The number of rotatable bonds is 5. The van der Waals surface area contributed by atoms with E-state index in [1.54, 1.807) is 0 Å². The van der Waals surface area contributed by atoms with Crippen LogP contribution in [0.2, 0.25) is 0 Å². The molecule has 13 heavy (non-hydrogen) atoms. The Morgan fingerprint density at radius 2 is 2.31 bits per heavy atom. The molecule has 0 aromatic heterocycles. The molecule has 0 radical (unpaired) electrons. The number of halogens is 2. The standard InChI is InChI=1S/C4H8I2N3O3P/c1-9-2(13-6)4(7,12-5)3(10)11-8/h2,13H,1,7-8H2. The molecule has 0 bridgehead atoms. The molecule has 0 aliphatic carbocycles. The van der Waals surface area contributed by atoms with Crippen molar-refractivity contribution in [1.82, 2.24) is 0 Å². The highest BCUT2D eigenvalue weighted by atomic mass is 127. The summed E-state index contributed by atoms with van der Waals surface area (Å²) >= 11 is 3.53. The quantitative estimate of drug-likeness (QED) is 0.217. The molecule has 0 saturated heterocycles. The van der Waals surface area contributed by atoms with Gasteiger partial charge in [0.2, 0.25) is 0 Å². The predicted molar refractivity (Wildman–Crippen MR) is 68.0 cm³/mol. The zero-order chi connectivity index (χ0) is 10.5. The van der Waals surface area contributed by atoms with E-state index in [4.69, 9.17) is 14.7 Å². The van der Waals surface area contributed by atoms with Crippen molar-refractivity contribution in [1.29, 1.82) is 0 Å². The Hall–Kier alpha value is 0.910. The molecule has 3 unspecified atom stereocenters. The van der Waals surface area contributed by atoms with Crippen LogP contribution in [0.3, 0.4) is 0 Å². The number of carbonyl (C=O) groups is 1. The maximum Gasteiger partial charge on any atom is 0.375 e. The fourth-order valence-electron chi connectivity index (χ4n) is 0.529. The van der Waals surface area contributed by atoms with E-state index in [1.165, 1.54) is 23.0 Å². The van der Waals surface area contributed by atoms with Crippen molar-refractivity contribution in [2.45, 2.75) is 11.5 Å². The van der Waals surface area contributed by atoms with Crippen LogP contribution in [0.1, 0.15) is 0 Å². The Kier molecular flexibility index (Phi) is 6.85. The van der Waals surface area contributed by atoms with E-state index in [0.29, 0.717) is 0 Å². The van der Waals surface area contributed by atoms with Gasteiger partial charge in [-0.1, -0.05) is 22.0 Å². The van der Waals surface area contributed by atoms with Crippen LogP contribution in [-0.2, 0) is 12.7 Å². The van der Waals surface area contributed by atoms with Crippen molar-refractivity contribution >= 4 is 64.0 Å². The van der Waals surface area contributed by atoms with Gasteiger partial charge in [0.1, 0.15) is 28.8 Å². The van der Waals surface area contributed by atoms with E-state index < -0.39 is 17.5 Å². The largest absolute Gasteiger partial charge is 0.375 e. The Morgan fingerprint density at radius 1 is 1.77 bits per heavy atom. The fourth-order valence-corrected chi connectivity index (χ4v) is 3.58. The SMILES string of the molecule is C=NC(PI)C(N)(OI)C(=O)ON. The van der Waals surface area contributed by atoms with Crippen LogP contribution in [0.25, 0.3) is 0 Å². The van der Waals surface area contributed by atoms with Gasteiger partial charge in [0.25, 0.3) is 5.72 Å². The van der Waals surface area contributed by atoms with Crippen molar-refractivity contribution < 1.29 is 12.7 Å². The molecule has 0 fully saturated rings. The van der Waals surface area contributed by atoms with E-state index in [1.807, 2.05) is 22.0 Å². The molecule has 0 aliphatic heterocycles. The smallest absolute Gasteiger partial charge is 0.370 e. The summed E-state index contributed by atoms with van der Waals surface area (Å²) in [4.78, 5) is 18.8. The normalized spacial score (nSPS) is 18.2. The van der Waals surface area contributed by atoms with Gasteiger partial charge in [0, 0.05) is 0 Å². The van der Waals surface area contributed by atoms with Crippen molar-refractivity contribution in [2.75, 3.05) is 0 Å². The maximum absolute atomic E-state index is 11.1. The zero-order valence-corrected chi connectivity index (χ0v) is 11.7. The lowest BCUT2D eigenvalue weighted by Crippen LogP contribution is -2.56. The van der Waals surface area contributed by atoms with Gasteiger partial charge in [0.15, 0.2) is 0 Å². The fraction of sp³-hybridized carbons (Fsp3) is 0.500. The van der Waals surface area contributed by atoms with Gasteiger partial charge in [0.05, 0.1) is 0 Å². The van der Waals surface area contributed by atoms with Gasteiger partial charge in [-0.05, 0) is 12.9 Å². The highest BCUT2D eigenvalue weighted by Crippen LogP contribution is 2.36. The van der Waals surface area contributed by atoms with Crippen LogP contribution in [0.15, 0.2) is 4.99 Å². The Labute approximate surface area is 104 Å². The Balaban J connectivity index is 4.78. The molecular weight excluding hydrogens is 423 g/mol. The molecule has 0 aromatic carbocycles. The van der Waals surface area contributed by atoms with Crippen molar-refractivity contribution in [3.8, 4) is 0 Å². The first-order chi connectivity index (χ1) is 6.06. The number of carbonyl (C=O) groups excluding carboxylic acids is 1. The van der Waals surface area contributed by atoms with Gasteiger partial charge in [-0.15, -0.1) is 0 Å². The molecule has 0 spiro atoms. The number of nitrogens with zero attached hydrogens (tertiary/aromatic N) is 1. The third kappa shape index (κ3) is 3.20. The molecule has 0 rings (SSSR count). The summed E-state index contributed by atoms with van der Waals surface area (Å²) in [5.74, 6) is 3.27. The molecule has 3 atom stereocenters. The number of nitrogens with two attached hydrogens (primary N) is 2. The van der Waals surface area contributed by atoms with Crippen LogP contribution in [-0.4, -0.2) is 24.2 Å². The molecule has 6 nitrogen and oxygen atoms in total. The summed E-state index contributed by atoms with van der Waals surface area (Å²) in [5.41, 5.74) is 3.94. The van der Waals surface area contributed by atoms with E-state index in [-0.39, 0.29) is 6.22 Å². The summed E-state index contributed by atoms with van der Waals surface area (Å²) in [6.07, 6.45) is 0.233. The van der Waals surface area contributed by atoms with Crippen LogP contribution in [0, 0.1) is 0 Å². The third-order valence-corrected chi connectivity index (χ3v) is 4.56. The molecule has 0 saturated carbocycles. The van der Waals surface area contributed by atoms with Crippen molar-refractivity contribution in [2.24, 2.45) is 16.6 Å². The van der Waals surface area contributed by atoms with Crippen LogP contribution in [0.4, 0.5) is 0 Å². The number of aliphatic imine (C=N–C) groups is 1. The Morgan fingerprint density at radius 3 is 2.54 bits per heavy atom. The van der Waals surface area contributed by atoms with E-state index in [0.717, 1.165) is 0 Å². The van der Waals surface area contributed by atoms with Gasteiger partial charge in [-0.25, -0.2) is 4.79 Å². The summed E-state index contributed by atoms with van der Waals surface area (Å²) in [5, 5.41) is 0. The van der Waals surface area contributed by atoms with Gasteiger partial charge in [-0.3, -0.25) is 13.8 Å². The average molecular weight is 431 g/mol. The first kappa shape index (κ1) is 13.9. The summed E-state index contributed by atoms with van der Waals surface area (Å²) < 4.78 is 4.80. The minimum atomic E-state index is -1.66. The minimum absolute atomic E-state index is 0.233. The lowest BCUT2D eigenvalue weighted by molar-refractivity contribution is -0.159. The molecule has 9 heteroatoms. The number of hydrogen-bond donors (Lipinski definition) is 2. The highest BCUT2D eigenvalue weighted by molar-refractivity contribution is 14.2. The van der Waals surface area contributed by atoms with E-state index in [9.17, 15) is 4.79 Å². The summed E-state index contributed by atoms with van der Waals surface area (Å²) in [6.45, 7) is 3.30.